The predicted molar refractivity (Wildman–Crippen MR) is 125 cm³/mol. The van der Waals surface area contributed by atoms with E-state index >= 15 is 0 Å². The Morgan fingerprint density at radius 1 is 1.10 bits per heavy atom. The smallest absolute Gasteiger partial charge is 0.280 e. The normalized spacial score (nSPS) is 11.2. The molecule has 0 amide bonds. The van der Waals surface area contributed by atoms with Crippen molar-refractivity contribution in [3.05, 3.63) is 81.3 Å². The molecule has 0 saturated heterocycles. The highest BCUT2D eigenvalue weighted by Gasteiger charge is 2.19. The molecule has 0 fully saturated rings. The van der Waals surface area contributed by atoms with Gasteiger partial charge in [0.1, 0.15) is 11.3 Å². The minimum absolute atomic E-state index is 0.0671. The van der Waals surface area contributed by atoms with E-state index in [2.05, 4.69) is 24.2 Å². The van der Waals surface area contributed by atoms with Crippen LogP contribution in [0.2, 0.25) is 0 Å². The lowest BCUT2D eigenvalue weighted by atomic mass is 10.1. The van der Waals surface area contributed by atoms with Crippen LogP contribution in [0.5, 0.6) is 5.75 Å². The highest BCUT2D eigenvalue weighted by molar-refractivity contribution is 7.98. The van der Waals surface area contributed by atoms with Gasteiger partial charge in [-0.05, 0) is 49.6 Å². The van der Waals surface area contributed by atoms with Crippen LogP contribution in [0.15, 0.2) is 58.5 Å². The molecular weight excluding hydrogens is 408 g/mol. The number of methoxy groups -OCH3 is 1. The Hall–Kier alpha value is -3.06. The third-order valence-electron chi connectivity index (χ3n) is 5.37. The fraction of sp³-hybridized carbons (Fsp3) is 0.292. The highest BCUT2D eigenvalue weighted by atomic mass is 32.2. The maximum absolute atomic E-state index is 13.6. The number of fused-ring (bicyclic) bond motifs is 1. The van der Waals surface area contributed by atoms with E-state index in [9.17, 15) is 4.79 Å². The van der Waals surface area contributed by atoms with Gasteiger partial charge in [-0.25, -0.2) is 4.98 Å². The lowest BCUT2D eigenvalue weighted by Gasteiger charge is -2.14. The fourth-order valence-corrected chi connectivity index (χ4v) is 4.70. The standard InChI is InChI=1S/C24H26N4O2S/c1-5-28-22-21(17(3)26-28)25-24(31-15-19-11-7-6-9-16(19)2)27(23(22)29)14-18-10-8-12-20(13-18)30-4/h6-13H,5,14-15H2,1-4H3. The Bertz CT molecular complexity index is 1290. The van der Waals surface area contributed by atoms with Crippen LogP contribution in [0.25, 0.3) is 11.0 Å². The van der Waals surface area contributed by atoms with Crippen molar-refractivity contribution in [1.29, 1.82) is 0 Å². The largest absolute Gasteiger partial charge is 0.497 e. The van der Waals surface area contributed by atoms with E-state index in [1.54, 1.807) is 28.1 Å². The molecule has 0 aliphatic rings. The summed E-state index contributed by atoms with van der Waals surface area (Å²) in [5.41, 5.74) is 5.40. The summed E-state index contributed by atoms with van der Waals surface area (Å²) in [4.78, 5) is 18.5. The van der Waals surface area contributed by atoms with E-state index < -0.39 is 0 Å². The van der Waals surface area contributed by atoms with Gasteiger partial charge in [-0.1, -0.05) is 48.2 Å². The molecule has 0 atom stereocenters. The summed E-state index contributed by atoms with van der Waals surface area (Å²) < 4.78 is 8.86. The zero-order valence-electron chi connectivity index (χ0n) is 18.3. The van der Waals surface area contributed by atoms with Crippen LogP contribution in [0.1, 0.15) is 29.3 Å². The summed E-state index contributed by atoms with van der Waals surface area (Å²) in [6.07, 6.45) is 0. The number of ether oxygens (including phenoxy) is 1. The van der Waals surface area contributed by atoms with Gasteiger partial charge >= 0.3 is 0 Å². The first-order chi connectivity index (χ1) is 15.0. The molecule has 0 aliphatic heterocycles. The number of rotatable bonds is 7. The first kappa shape index (κ1) is 21.2. The Morgan fingerprint density at radius 3 is 2.65 bits per heavy atom. The monoisotopic (exact) mass is 434 g/mol. The summed E-state index contributed by atoms with van der Waals surface area (Å²) in [6, 6.07) is 16.1. The summed E-state index contributed by atoms with van der Waals surface area (Å²) in [7, 11) is 1.64. The first-order valence-electron chi connectivity index (χ1n) is 10.3. The zero-order chi connectivity index (χ0) is 22.0. The van der Waals surface area contributed by atoms with Gasteiger partial charge in [0.2, 0.25) is 0 Å². The van der Waals surface area contributed by atoms with Crippen molar-refractivity contribution in [3.63, 3.8) is 0 Å². The molecule has 4 aromatic rings. The van der Waals surface area contributed by atoms with Crippen molar-refractivity contribution in [2.45, 2.75) is 44.8 Å². The molecule has 0 aliphatic carbocycles. The maximum atomic E-state index is 13.6. The van der Waals surface area contributed by atoms with Crippen LogP contribution in [0.4, 0.5) is 0 Å². The number of aryl methyl sites for hydroxylation is 3. The molecule has 0 N–H and O–H groups in total. The molecule has 2 heterocycles. The molecule has 7 heteroatoms. The lowest BCUT2D eigenvalue weighted by Crippen LogP contribution is -2.25. The molecule has 2 aromatic heterocycles. The molecule has 31 heavy (non-hydrogen) atoms. The van der Waals surface area contributed by atoms with E-state index in [1.807, 2.05) is 50.2 Å². The van der Waals surface area contributed by atoms with Gasteiger partial charge in [-0.3, -0.25) is 14.0 Å². The van der Waals surface area contributed by atoms with Gasteiger partial charge in [0.15, 0.2) is 10.7 Å². The van der Waals surface area contributed by atoms with Crippen molar-refractivity contribution in [2.24, 2.45) is 0 Å². The number of nitrogens with zero attached hydrogens (tertiary/aromatic N) is 4. The zero-order valence-corrected chi connectivity index (χ0v) is 19.1. The molecule has 0 spiro atoms. The third kappa shape index (κ3) is 4.23. The SMILES string of the molecule is CCn1nc(C)c2nc(SCc3ccccc3C)n(Cc3cccc(OC)c3)c(=O)c21. The van der Waals surface area contributed by atoms with Crippen molar-refractivity contribution in [2.75, 3.05) is 7.11 Å². The van der Waals surface area contributed by atoms with Crippen molar-refractivity contribution >= 4 is 22.8 Å². The fourth-order valence-electron chi connectivity index (χ4n) is 3.63. The molecule has 2 aromatic carbocycles. The van der Waals surface area contributed by atoms with Crippen molar-refractivity contribution in [1.82, 2.24) is 19.3 Å². The topological polar surface area (TPSA) is 61.9 Å². The number of hydrogen-bond acceptors (Lipinski definition) is 5. The second kappa shape index (κ2) is 8.98. The minimum Gasteiger partial charge on any atom is -0.497 e. The van der Waals surface area contributed by atoms with Gasteiger partial charge in [0.05, 0.1) is 19.3 Å². The molecule has 160 valence electrons. The van der Waals surface area contributed by atoms with Crippen LogP contribution >= 0.6 is 11.8 Å². The average Bonchev–Trinajstić information content (AvgIpc) is 3.11. The second-order valence-corrected chi connectivity index (χ2v) is 8.39. The summed E-state index contributed by atoms with van der Waals surface area (Å²) in [5, 5.41) is 5.23. The van der Waals surface area contributed by atoms with Gasteiger partial charge in [0, 0.05) is 12.3 Å². The van der Waals surface area contributed by atoms with Gasteiger partial charge < -0.3 is 4.74 Å². The van der Waals surface area contributed by atoms with Crippen molar-refractivity contribution < 1.29 is 4.74 Å². The minimum atomic E-state index is -0.0671. The Balaban J connectivity index is 1.82. The molecule has 0 saturated carbocycles. The van der Waals surface area contributed by atoms with Crippen LogP contribution in [0.3, 0.4) is 0 Å². The van der Waals surface area contributed by atoms with E-state index in [1.165, 1.54) is 11.1 Å². The van der Waals surface area contributed by atoms with E-state index in [0.717, 1.165) is 22.8 Å². The number of aromatic nitrogens is 4. The van der Waals surface area contributed by atoms with E-state index in [-0.39, 0.29) is 5.56 Å². The average molecular weight is 435 g/mol. The molecule has 4 rings (SSSR count). The number of benzene rings is 2. The quantitative estimate of drug-likeness (QED) is 0.315. The molecular formula is C24H26N4O2S. The van der Waals surface area contributed by atoms with Gasteiger partial charge in [0.25, 0.3) is 5.56 Å². The molecule has 6 nitrogen and oxygen atoms in total. The van der Waals surface area contributed by atoms with E-state index in [0.29, 0.717) is 29.3 Å². The summed E-state index contributed by atoms with van der Waals surface area (Å²) in [6.45, 7) is 7.03. The molecule has 0 bridgehead atoms. The van der Waals surface area contributed by atoms with Gasteiger partial charge in [-0.2, -0.15) is 5.10 Å². The maximum Gasteiger partial charge on any atom is 0.280 e. The number of thioether (sulfide) groups is 1. The Labute approximate surface area is 185 Å². The lowest BCUT2D eigenvalue weighted by molar-refractivity contribution is 0.414. The number of hydrogen-bond donors (Lipinski definition) is 0. The second-order valence-electron chi connectivity index (χ2n) is 7.45. The summed E-state index contributed by atoms with van der Waals surface area (Å²) >= 11 is 1.58. The molecule has 0 radical (unpaired) electrons. The Morgan fingerprint density at radius 2 is 1.90 bits per heavy atom. The van der Waals surface area contributed by atoms with E-state index in [4.69, 9.17) is 9.72 Å². The summed E-state index contributed by atoms with van der Waals surface area (Å²) in [5.74, 6) is 1.51. The van der Waals surface area contributed by atoms with Crippen LogP contribution < -0.4 is 10.3 Å². The van der Waals surface area contributed by atoms with Crippen LogP contribution in [-0.2, 0) is 18.8 Å². The van der Waals surface area contributed by atoms with Crippen LogP contribution in [0, 0.1) is 13.8 Å². The predicted octanol–water partition coefficient (Wildman–Crippen LogP) is 4.58. The van der Waals surface area contributed by atoms with Crippen LogP contribution in [-0.4, -0.2) is 26.4 Å². The Kier molecular flexibility index (Phi) is 6.13. The highest BCUT2D eigenvalue weighted by Crippen LogP contribution is 2.25. The van der Waals surface area contributed by atoms with Crippen molar-refractivity contribution in [3.8, 4) is 5.75 Å². The van der Waals surface area contributed by atoms with Gasteiger partial charge in [-0.15, -0.1) is 0 Å². The molecule has 0 unspecified atom stereocenters. The first-order valence-corrected chi connectivity index (χ1v) is 11.3. The third-order valence-corrected chi connectivity index (χ3v) is 6.40.